The van der Waals surface area contributed by atoms with Crippen LogP contribution in [0.25, 0.3) is 0 Å². The zero-order valence-corrected chi connectivity index (χ0v) is 11.5. The van der Waals surface area contributed by atoms with E-state index in [0.717, 1.165) is 0 Å². The molecule has 0 aliphatic rings. The molecule has 1 aromatic rings. The topological polar surface area (TPSA) is 105 Å². The van der Waals surface area contributed by atoms with Gasteiger partial charge >= 0.3 is 0 Å². The Labute approximate surface area is 111 Å². The fourth-order valence-corrected chi connectivity index (χ4v) is 2.45. The highest BCUT2D eigenvalue weighted by atomic mass is 32.2. The highest BCUT2D eigenvalue weighted by Crippen LogP contribution is 2.27. The van der Waals surface area contributed by atoms with Gasteiger partial charge in [-0.05, 0) is 18.2 Å². The molecular formula is C11H16N2O5S. The van der Waals surface area contributed by atoms with Crippen LogP contribution in [-0.4, -0.2) is 39.7 Å². The summed E-state index contributed by atoms with van der Waals surface area (Å²) in [5.41, 5.74) is 0.266. The van der Waals surface area contributed by atoms with E-state index in [-0.39, 0.29) is 29.6 Å². The monoisotopic (exact) mass is 288 g/mol. The van der Waals surface area contributed by atoms with E-state index in [9.17, 15) is 13.2 Å². The number of aliphatic hydroxyl groups excluding tert-OH is 1. The van der Waals surface area contributed by atoms with Gasteiger partial charge in [0, 0.05) is 13.5 Å². The molecule has 1 amide bonds. The van der Waals surface area contributed by atoms with Crippen molar-refractivity contribution >= 4 is 21.6 Å². The largest absolute Gasteiger partial charge is 0.495 e. The highest BCUT2D eigenvalue weighted by Gasteiger charge is 2.16. The summed E-state index contributed by atoms with van der Waals surface area (Å²) < 4.78 is 30.9. The molecule has 3 N–H and O–H groups in total. The summed E-state index contributed by atoms with van der Waals surface area (Å²) in [5, 5.41) is 11.1. The van der Waals surface area contributed by atoms with Gasteiger partial charge in [-0.15, -0.1) is 0 Å². The molecule has 1 aromatic carbocycles. The molecule has 0 radical (unpaired) electrons. The van der Waals surface area contributed by atoms with E-state index in [0.29, 0.717) is 5.75 Å². The molecule has 1 rings (SSSR count). The second-order valence-electron chi connectivity index (χ2n) is 3.66. The van der Waals surface area contributed by atoms with E-state index in [1.54, 1.807) is 0 Å². The van der Waals surface area contributed by atoms with E-state index in [2.05, 4.69) is 10.0 Å². The third-order valence-electron chi connectivity index (χ3n) is 2.20. The van der Waals surface area contributed by atoms with Crippen LogP contribution in [0, 0.1) is 0 Å². The average Bonchev–Trinajstić information content (AvgIpc) is 2.35. The first-order valence-corrected chi connectivity index (χ1v) is 6.95. The average molecular weight is 288 g/mol. The van der Waals surface area contributed by atoms with E-state index in [1.807, 2.05) is 0 Å². The van der Waals surface area contributed by atoms with Gasteiger partial charge in [-0.2, -0.15) is 0 Å². The van der Waals surface area contributed by atoms with E-state index in [4.69, 9.17) is 9.84 Å². The number of ether oxygens (including phenoxy) is 1. The van der Waals surface area contributed by atoms with Crippen molar-refractivity contribution < 1.29 is 23.1 Å². The summed E-state index contributed by atoms with van der Waals surface area (Å²) in [7, 11) is -2.31. The van der Waals surface area contributed by atoms with E-state index in [1.165, 1.54) is 32.2 Å². The maximum absolute atomic E-state index is 11.9. The van der Waals surface area contributed by atoms with Gasteiger partial charge in [0.1, 0.15) is 5.75 Å². The summed E-state index contributed by atoms with van der Waals surface area (Å²) >= 11 is 0. The summed E-state index contributed by atoms with van der Waals surface area (Å²) in [5.74, 6) is 0.0208. The highest BCUT2D eigenvalue weighted by molar-refractivity contribution is 7.89. The van der Waals surface area contributed by atoms with Crippen molar-refractivity contribution in [1.29, 1.82) is 0 Å². The number of methoxy groups -OCH3 is 1. The summed E-state index contributed by atoms with van der Waals surface area (Å²) in [4.78, 5) is 11.0. The van der Waals surface area contributed by atoms with Crippen molar-refractivity contribution in [1.82, 2.24) is 4.72 Å². The summed E-state index contributed by atoms with van der Waals surface area (Å²) in [6.45, 7) is 0.933. The molecule has 0 saturated carbocycles. The number of carbonyl (C=O) groups is 1. The number of benzene rings is 1. The van der Waals surface area contributed by atoms with Crippen LogP contribution in [-0.2, 0) is 14.8 Å². The molecule has 0 aromatic heterocycles. The van der Waals surface area contributed by atoms with Crippen LogP contribution in [0.4, 0.5) is 5.69 Å². The Morgan fingerprint density at radius 1 is 1.42 bits per heavy atom. The lowest BCUT2D eigenvalue weighted by Crippen LogP contribution is -2.26. The minimum absolute atomic E-state index is 0.0227. The Morgan fingerprint density at radius 3 is 2.63 bits per heavy atom. The number of hydrogen-bond acceptors (Lipinski definition) is 5. The van der Waals surface area contributed by atoms with Crippen molar-refractivity contribution in [2.45, 2.75) is 11.8 Å². The molecule has 0 fully saturated rings. The lowest BCUT2D eigenvalue weighted by Gasteiger charge is -2.11. The number of carbonyl (C=O) groups excluding carboxylic acids is 1. The third-order valence-corrected chi connectivity index (χ3v) is 3.65. The molecule has 0 saturated heterocycles. The predicted molar refractivity (Wildman–Crippen MR) is 69.6 cm³/mol. The van der Waals surface area contributed by atoms with Crippen LogP contribution < -0.4 is 14.8 Å². The SMILES string of the molecule is COc1ccc(S(=O)(=O)NCCO)cc1NC(C)=O. The second kappa shape index (κ2) is 6.50. The van der Waals surface area contributed by atoms with Gasteiger partial charge in [0.25, 0.3) is 0 Å². The number of nitrogens with one attached hydrogen (secondary N) is 2. The Kier molecular flexibility index (Phi) is 5.28. The normalized spacial score (nSPS) is 11.1. The number of rotatable bonds is 6. The number of aliphatic hydroxyl groups is 1. The smallest absolute Gasteiger partial charge is 0.240 e. The molecule has 7 nitrogen and oxygen atoms in total. The number of sulfonamides is 1. The van der Waals surface area contributed by atoms with E-state index < -0.39 is 10.0 Å². The van der Waals surface area contributed by atoms with Gasteiger partial charge < -0.3 is 15.2 Å². The molecule has 0 bridgehead atoms. The summed E-state index contributed by atoms with van der Waals surface area (Å²) in [6, 6.07) is 4.09. The van der Waals surface area contributed by atoms with Gasteiger partial charge in [0.15, 0.2) is 0 Å². The Balaban J connectivity index is 3.13. The molecule has 0 atom stereocenters. The zero-order valence-electron chi connectivity index (χ0n) is 10.6. The maximum Gasteiger partial charge on any atom is 0.240 e. The quantitative estimate of drug-likeness (QED) is 0.679. The fourth-order valence-electron chi connectivity index (χ4n) is 1.40. The molecular weight excluding hydrogens is 272 g/mol. The molecule has 0 heterocycles. The number of amides is 1. The first-order valence-electron chi connectivity index (χ1n) is 5.47. The zero-order chi connectivity index (χ0) is 14.5. The van der Waals surface area contributed by atoms with Gasteiger partial charge in [-0.25, -0.2) is 13.1 Å². The van der Waals surface area contributed by atoms with Crippen molar-refractivity contribution in [2.24, 2.45) is 0 Å². The molecule has 0 aliphatic heterocycles. The predicted octanol–water partition coefficient (Wildman–Crippen LogP) is -0.0758. The molecule has 19 heavy (non-hydrogen) atoms. The Bertz CT molecular complexity index is 556. The molecule has 0 aliphatic carbocycles. The van der Waals surface area contributed by atoms with Crippen LogP contribution in [0.1, 0.15) is 6.92 Å². The van der Waals surface area contributed by atoms with Gasteiger partial charge in [0.2, 0.25) is 15.9 Å². The molecule has 0 unspecified atom stereocenters. The molecule has 0 spiro atoms. The van der Waals surface area contributed by atoms with Crippen LogP contribution >= 0.6 is 0 Å². The van der Waals surface area contributed by atoms with Crippen LogP contribution in [0.3, 0.4) is 0 Å². The van der Waals surface area contributed by atoms with Crippen molar-refractivity contribution in [3.63, 3.8) is 0 Å². The van der Waals surface area contributed by atoms with Crippen LogP contribution in [0.5, 0.6) is 5.75 Å². The molecule has 8 heteroatoms. The van der Waals surface area contributed by atoms with Crippen molar-refractivity contribution in [2.75, 3.05) is 25.6 Å². The lowest BCUT2D eigenvalue weighted by atomic mass is 10.3. The number of hydrogen-bond donors (Lipinski definition) is 3. The first-order chi connectivity index (χ1) is 8.90. The maximum atomic E-state index is 11.9. The van der Waals surface area contributed by atoms with Gasteiger partial charge in [-0.3, -0.25) is 4.79 Å². The van der Waals surface area contributed by atoms with Crippen LogP contribution in [0.2, 0.25) is 0 Å². The van der Waals surface area contributed by atoms with Gasteiger partial charge in [0.05, 0.1) is 24.3 Å². The Hall–Kier alpha value is -1.64. The number of anilines is 1. The van der Waals surface area contributed by atoms with Crippen molar-refractivity contribution in [3.8, 4) is 5.75 Å². The minimum atomic E-state index is -3.72. The lowest BCUT2D eigenvalue weighted by molar-refractivity contribution is -0.114. The van der Waals surface area contributed by atoms with Crippen molar-refractivity contribution in [3.05, 3.63) is 18.2 Å². The fraction of sp³-hybridized carbons (Fsp3) is 0.364. The Morgan fingerprint density at radius 2 is 2.11 bits per heavy atom. The standard InChI is InChI=1S/C11H16N2O5S/c1-8(15)13-10-7-9(3-4-11(10)18-2)19(16,17)12-5-6-14/h3-4,7,12,14H,5-6H2,1-2H3,(H,13,15). The van der Waals surface area contributed by atoms with Crippen LogP contribution in [0.15, 0.2) is 23.1 Å². The second-order valence-corrected chi connectivity index (χ2v) is 5.43. The van der Waals surface area contributed by atoms with E-state index >= 15 is 0 Å². The van der Waals surface area contributed by atoms with Gasteiger partial charge in [-0.1, -0.05) is 0 Å². The molecule has 106 valence electrons. The summed E-state index contributed by atoms with van der Waals surface area (Å²) in [6.07, 6.45) is 0. The minimum Gasteiger partial charge on any atom is -0.495 e. The third kappa shape index (κ3) is 4.19. The first kappa shape index (κ1) is 15.4.